The standard InChI is InChI=1S/C11H18N4/c1-9(11-8-13-4-5-14-11)15-7-10-2-3-12-6-10/h4-5,8-10,12,15H,2-3,6-7H2,1H3/t9-,10-/m0/s1. The maximum absolute atomic E-state index is 4.28. The molecule has 0 amide bonds. The molecule has 0 saturated carbocycles. The number of nitrogens with zero attached hydrogens (tertiary/aromatic N) is 2. The van der Waals surface area contributed by atoms with Crippen molar-refractivity contribution in [2.45, 2.75) is 19.4 Å². The van der Waals surface area contributed by atoms with Crippen LogP contribution in [0.4, 0.5) is 0 Å². The Bertz CT molecular complexity index is 282. The summed E-state index contributed by atoms with van der Waals surface area (Å²) in [7, 11) is 0. The zero-order valence-corrected chi connectivity index (χ0v) is 9.11. The molecule has 0 aliphatic carbocycles. The van der Waals surface area contributed by atoms with Crippen molar-refractivity contribution >= 4 is 0 Å². The summed E-state index contributed by atoms with van der Waals surface area (Å²) in [6.07, 6.45) is 6.55. The predicted molar refractivity (Wildman–Crippen MR) is 59.4 cm³/mol. The second-order valence-corrected chi connectivity index (χ2v) is 4.12. The first kappa shape index (κ1) is 10.5. The van der Waals surface area contributed by atoms with Crippen molar-refractivity contribution in [1.82, 2.24) is 20.6 Å². The molecule has 0 aromatic carbocycles. The van der Waals surface area contributed by atoms with E-state index in [0.29, 0.717) is 6.04 Å². The predicted octanol–water partition coefficient (Wildman–Crippen LogP) is 0.737. The van der Waals surface area contributed by atoms with E-state index >= 15 is 0 Å². The second-order valence-electron chi connectivity index (χ2n) is 4.12. The quantitative estimate of drug-likeness (QED) is 0.763. The van der Waals surface area contributed by atoms with Gasteiger partial charge < -0.3 is 10.6 Å². The lowest BCUT2D eigenvalue weighted by Gasteiger charge is -2.15. The molecule has 82 valence electrons. The minimum atomic E-state index is 0.291. The van der Waals surface area contributed by atoms with Gasteiger partial charge in [-0.2, -0.15) is 0 Å². The average molecular weight is 206 g/mol. The number of hydrogen-bond acceptors (Lipinski definition) is 4. The molecule has 4 nitrogen and oxygen atoms in total. The monoisotopic (exact) mass is 206 g/mol. The van der Waals surface area contributed by atoms with Crippen LogP contribution < -0.4 is 10.6 Å². The maximum Gasteiger partial charge on any atom is 0.0753 e. The van der Waals surface area contributed by atoms with Crippen LogP contribution in [0.1, 0.15) is 25.1 Å². The number of aromatic nitrogens is 2. The van der Waals surface area contributed by atoms with Gasteiger partial charge in [0, 0.05) is 24.6 Å². The molecule has 1 fully saturated rings. The minimum Gasteiger partial charge on any atom is -0.316 e. The molecule has 15 heavy (non-hydrogen) atoms. The lowest BCUT2D eigenvalue weighted by Crippen LogP contribution is -2.27. The fourth-order valence-corrected chi connectivity index (χ4v) is 1.87. The molecule has 4 heteroatoms. The highest BCUT2D eigenvalue weighted by molar-refractivity contribution is 5.00. The number of hydrogen-bond donors (Lipinski definition) is 2. The molecule has 1 aliphatic heterocycles. The highest BCUT2D eigenvalue weighted by Crippen LogP contribution is 2.10. The highest BCUT2D eigenvalue weighted by atomic mass is 15.0. The molecule has 0 spiro atoms. The summed E-state index contributed by atoms with van der Waals surface area (Å²) in [6.45, 7) is 5.49. The molecule has 0 bridgehead atoms. The van der Waals surface area contributed by atoms with Crippen LogP contribution in [-0.4, -0.2) is 29.6 Å². The Morgan fingerprint density at radius 1 is 1.60 bits per heavy atom. The van der Waals surface area contributed by atoms with Crippen LogP contribution in [0.15, 0.2) is 18.6 Å². The fourth-order valence-electron chi connectivity index (χ4n) is 1.87. The van der Waals surface area contributed by atoms with Gasteiger partial charge in [-0.1, -0.05) is 0 Å². The van der Waals surface area contributed by atoms with E-state index in [4.69, 9.17) is 0 Å². The van der Waals surface area contributed by atoms with E-state index in [1.165, 1.54) is 6.42 Å². The number of nitrogens with one attached hydrogen (secondary N) is 2. The highest BCUT2D eigenvalue weighted by Gasteiger charge is 2.15. The SMILES string of the molecule is C[C@H](NC[C@H]1CCNC1)c1cnccn1. The molecule has 2 heterocycles. The second kappa shape index (κ2) is 5.19. The van der Waals surface area contributed by atoms with E-state index in [1.54, 1.807) is 12.4 Å². The third-order valence-electron chi connectivity index (χ3n) is 2.90. The lowest BCUT2D eigenvalue weighted by molar-refractivity contribution is 0.464. The zero-order valence-electron chi connectivity index (χ0n) is 9.11. The summed E-state index contributed by atoms with van der Waals surface area (Å²) < 4.78 is 0. The van der Waals surface area contributed by atoms with E-state index < -0.39 is 0 Å². The Hall–Kier alpha value is -1.00. The molecule has 1 aromatic rings. The van der Waals surface area contributed by atoms with Gasteiger partial charge in [0.2, 0.25) is 0 Å². The Kier molecular flexibility index (Phi) is 3.64. The van der Waals surface area contributed by atoms with Crippen LogP contribution in [-0.2, 0) is 0 Å². The van der Waals surface area contributed by atoms with Gasteiger partial charge in [0.05, 0.1) is 5.69 Å². The topological polar surface area (TPSA) is 49.8 Å². The third-order valence-corrected chi connectivity index (χ3v) is 2.90. The Balaban J connectivity index is 1.79. The van der Waals surface area contributed by atoms with Gasteiger partial charge in [-0.05, 0) is 38.9 Å². The minimum absolute atomic E-state index is 0.291. The molecule has 1 aromatic heterocycles. The molecule has 2 N–H and O–H groups in total. The van der Waals surface area contributed by atoms with E-state index in [1.807, 2.05) is 6.20 Å². The van der Waals surface area contributed by atoms with Crippen molar-refractivity contribution in [2.24, 2.45) is 5.92 Å². The van der Waals surface area contributed by atoms with Crippen molar-refractivity contribution < 1.29 is 0 Å². The van der Waals surface area contributed by atoms with Crippen molar-refractivity contribution in [3.63, 3.8) is 0 Å². The molecular formula is C11H18N4. The molecule has 1 saturated heterocycles. The van der Waals surface area contributed by atoms with Gasteiger partial charge in [0.25, 0.3) is 0 Å². The third kappa shape index (κ3) is 2.97. The smallest absolute Gasteiger partial charge is 0.0753 e. The largest absolute Gasteiger partial charge is 0.316 e. The summed E-state index contributed by atoms with van der Waals surface area (Å²) >= 11 is 0. The Morgan fingerprint density at radius 2 is 2.53 bits per heavy atom. The molecule has 0 radical (unpaired) electrons. The normalized spacial score (nSPS) is 22.9. The molecular weight excluding hydrogens is 188 g/mol. The van der Waals surface area contributed by atoms with Crippen LogP contribution in [0.25, 0.3) is 0 Å². The van der Waals surface area contributed by atoms with Crippen molar-refractivity contribution in [2.75, 3.05) is 19.6 Å². The van der Waals surface area contributed by atoms with E-state index in [9.17, 15) is 0 Å². The van der Waals surface area contributed by atoms with Gasteiger partial charge in [-0.15, -0.1) is 0 Å². The van der Waals surface area contributed by atoms with Gasteiger partial charge >= 0.3 is 0 Å². The summed E-state index contributed by atoms with van der Waals surface area (Å²) in [6, 6.07) is 0.291. The average Bonchev–Trinajstić information content (AvgIpc) is 2.80. The summed E-state index contributed by atoms with van der Waals surface area (Å²) in [5, 5.41) is 6.87. The van der Waals surface area contributed by atoms with E-state index in [0.717, 1.165) is 31.2 Å². The summed E-state index contributed by atoms with van der Waals surface area (Å²) in [4.78, 5) is 8.35. The van der Waals surface area contributed by atoms with Crippen LogP contribution in [0.2, 0.25) is 0 Å². The van der Waals surface area contributed by atoms with Gasteiger partial charge in [-0.3, -0.25) is 9.97 Å². The Labute approximate surface area is 90.5 Å². The van der Waals surface area contributed by atoms with Gasteiger partial charge in [0.1, 0.15) is 0 Å². The Morgan fingerprint density at radius 3 is 3.20 bits per heavy atom. The fraction of sp³-hybridized carbons (Fsp3) is 0.636. The number of rotatable bonds is 4. The van der Waals surface area contributed by atoms with E-state index in [2.05, 4.69) is 27.5 Å². The summed E-state index contributed by atoms with van der Waals surface area (Å²) in [5.74, 6) is 0.768. The maximum atomic E-state index is 4.28. The van der Waals surface area contributed by atoms with Gasteiger partial charge in [-0.25, -0.2) is 0 Å². The van der Waals surface area contributed by atoms with Crippen molar-refractivity contribution in [3.8, 4) is 0 Å². The van der Waals surface area contributed by atoms with Gasteiger partial charge in [0.15, 0.2) is 0 Å². The molecule has 0 unspecified atom stereocenters. The first-order chi connectivity index (χ1) is 7.36. The summed E-state index contributed by atoms with van der Waals surface area (Å²) in [5.41, 5.74) is 1.02. The zero-order chi connectivity index (χ0) is 10.5. The van der Waals surface area contributed by atoms with Crippen LogP contribution in [0, 0.1) is 5.92 Å². The van der Waals surface area contributed by atoms with Crippen molar-refractivity contribution in [1.29, 1.82) is 0 Å². The lowest BCUT2D eigenvalue weighted by atomic mass is 10.1. The van der Waals surface area contributed by atoms with E-state index in [-0.39, 0.29) is 0 Å². The molecule has 2 atom stereocenters. The van der Waals surface area contributed by atoms with Crippen LogP contribution in [0.3, 0.4) is 0 Å². The van der Waals surface area contributed by atoms with Crippen LogP contribution >= 0.6 is 0 Å². The first-order valence-electron chi connectivity index (χ1n) is 5.56. The molecule has 2 rings (SSSR count). The van der Waals surface area contributed by atoms with Crippen molar-refractivity contribution in [3.05, 3.63) is 24.3 Å². The first-order valence-corrected chi connectivity index (χ1v) is 5.56. The molecule has 1 aliphatic rings. The van der Waals surface area contributed by atoms with Crippen LogP contribution in [0.5, 0.6) is 0 Å².